The lowest BCUT2D eigenvalue weighted by molar-refractivity contribution is 0.238. The van der Waals surface area contributed by atoms with Gasteiger partial charge in [0.2, 0.25) is 0 Å². The topological polar surface area (TPSA) is 40.7 Å². The predicted molar refractivity (Wildman–Crippen MR) is 118 cm³/mol. The van der Waals surface area contributed by atoms with E-state index in [0.717, 1.165) is 48.8 Å². The first-order valence-corrected chi connectivity index (χ1v) is 11.1. The third-order valence-corrected chi connectivity index (χ3v) is 6.29. The second-order valence-corrected chi connectivity index (χ2v) is 8.33. The number of aromatic nitrogens is 1. The van der Waals surface area contributed by atoms with E-state index in [1.807, 2.05) is 0 Å². The molecule has 0 amide bonds. The third kappa shape index (κ3) is 4.36. The van der Waals surface area contributed by atoms with Crippen LogP contribution in [0.1, 0.15) is 25.7 Å². The molecule has 2 fully saturated rings. The van der Waals surface area contributed by atoms with Gasteiger partial charge in [-0.25, -0.2) is 0 Å². The summed E-state index contributed by atoms with van der Waals surface area (Å²) in [7, 11) is 0. The van der Waals surface area contributed by atoms with Crippen LogP contribution in [0, 0.1) is 0 Å². The fourth-order valence-corrected chi connectivity index (χ4v) is 4.64. The molecule has 0 aliphatic carbocycles. The average Bonchev–Trinajstić information content (AvgIpc) is 3.49. The van der Waals surface area contributed by atoms with Crippen LogP contribution in [0.4, 0.5) is 0 Å². The first-order chi connectivity index (χ1) is 14.3. The molecule has 5 nitrogen and oxygen atoms in total. The minimum Gasteiger partial charge on any atom is -0.492 e. The van der Waals surface area contributed by atoms with E-state index >= 15 is 0 Å². The molecule has 29 heavy (non-hydrogen) atoms. The molecule has 0 bridgehead atoms. The molecule has 1 N–H and O–H groups in total. The van der Waals surface area contributed by atoms with E-state index < -0.39 is 0 Å². The van der Waals surface area contributed by atoms with Gasteiger partial charge >= 0.3 is 0 Å². The Morgan fingerprint density at radius 2 is 1.24 bits per heavy atom. The first-order valence-electron chi connectivity index (χ1n) is 11.1. The molecule has 2 aliphatic heterocycles. The van der Waals surface area contributed by atoms with E-state index in [4.69, 9.17) is 9.47 Å². The molecule has 0 atom stereocenters. The van der Waals surface area contributed by atoms with Crippen molar-refractivity contribution in [3.63, 3.8) is 0 Å². The Morgan fingerprint density at radius 3 is 1.90 bits per heavy atom. The van der Waals surface area contributed by atoms with Crippen molar-refractivity contribution in [2.45, 2.75) is 25.7 Å². The molecule has 3 aromatic rings. The molecular formula is C24H31N3O2. The fourth-order valence-electron chi connectivity index (χ4n) is 4.64. The maximum atomic E-state index is 6.04. The predicted octanol–water partition coefficient (Wildman–Crippen LogP) is 4.27. The molecular weight excluding hydrogens is 362 g/mol. The molecule has 0 unspecified atom stereocenters. The van der Waals surface area contributed by atoms with Crippen LogP contribution >= 0.6 is 0 Å². The lowest BCUT2D eigenvalue weighted by atomic mass is 10.1. The van der Waals surface area contributed by atoms with Crippen molar-refractivity contribution < 1.29 is 9.47 Å². The van der Waals surface area contributed by atoms with E-state index in [-0.39, 0.29) is 0 Å². The van der Waals surface area contributed by atoms with Crippen LogP contribution in [0.5, 0.6) is 11.5 Å². The minimum atomic E-state index is 0.751. The van der Waals surface area contributed by atoms with Crippen LogP contribution in [0.15, 0.2) is 36.4 Å². The molecule has 2 aliphatic rings. The largest absolute Gasteiger partial charge is 0.492 e. The highest BCUT2D eigenvalue weighted by Crippen LogP contribution is 2.31. The molecule has 5 rings (SSSR count). The smallest absolute Gasteiger partial charge is 0.121 e. The molecule has 2 aromatic carbocycles. The number of nitrogens with one attached hydrogen (secondary N) is 1. The average molecular weight is 394 g/mol. The van der Waals surface area contributed by atoms with Gasteiger partial charge in [-0.2, -0.15) is 0 Å². The van der Waals surface area contributed by atoms with Gasteiger partial charge in [-0.15, -0.1) is 0 Å². The summed E-state index contributed by atoms with van der Waals surface area (Å²) in [5.41, 5.74) is 2.26. The Kier molecular flexibility index (Phi) is 5.59. The number of H-pyrrole nitrogens is 1. The first kappa shape index (κ1) is 18.8. The standard InChI is InChI=1S/C24H31N3O2/c1-2-10-26(9-1)13-15-28-19-6-8-23-22(17-19)21-7-5-20(18-24(21)25-23)29-16-14-27-11-3-4-12-27/h5-8,17-18,25H,1-4,9-16H2. The summed E-state index contributed by atoms with van der Waals surface area (Å²) in [5, 5.41) is 2.43. The van der Waals surface area contributed by atoms with Gasteiger partial charge in [0.05, 0.1) is 5.52 Å². The summed E-state index contributed by atoms with van der Waals surface area (Å²) >= 11 is 0. The summed E-state index contributed by atoms with van der Waals surface area (Å²) in [4.78, 5) is 8.48. The number of benzene rings is 2. The fraction of sp³-hybridized carbons (Fsp3) is 0.500. The third-order valence-electron chi connectivity index (χ3n) is 6.29. The van der Waals surface area contributed by atoms with Gasteiger partial charge in [0, 0.05) is 35.4 Å². The number of ether oxygens (including phenoxy) is 2. The molecule has 2 saturated heterocycles. The van der Waals surface area contributed by atoms with Crippen molar-refractivity contribution in [1.29, 1.82) is 0 Å². The Labute approximate surface area is 172 Å². The maximum Gasteiger partial charge on any atom is 0.121 e. The number of rotatable bonds is 8. The highest BCUT2D eigenvalue weighted by atomic mass is 16.5. The van der Waals surface area contributed by atoms with Gasteiger partial charge in [0.15, 0.2) is 0 Å². The van der Waals surface area contributed by atoms with E-state index in [1.165, 1.54) is 62.6 Å². The highest BCUT2D eigenvalue weighted by molar-refractivity contribution is 6.08. The van der Waals surface area contributed by atoms with E-state index in [9.17, 15) is 0 Å². The van der Waals surface area contributed by atoms with E-state index in [2.05, 4.69) is 51.2 Å². The number of hydrogen-bond donors (Lipinski definition) is 1. The zero-order chi connectivity index (χ0) is 19.5. The van der Waals surface area contributed by atoms with E-state index in [1.54, 1.807) is 0 Å². The van der Waals surface area contributed by atoms with Crippen LogP contribution < -0.4 is 9.47 Å². The van der Waals surface area contributed by atoms with Gasteiger partial charge in [-0.3, -0.25) is 9.80 Å². The van der Waals surface area contributed by atoms with Crippen LogP contribution in [0.2, 0.25) is 0 Å². The van der Waals surface area contributed by atoms with Gasteiger partial charge in [0.25, 0.3) is 0 Å². The van der Waals surface area contributed by atoms with Crippen molar-refractivity contribution in [1.82, 2.24) is 14.8 Å². The summed E-state index contributed by atoms with van der Waals surface area (Å²) in [6, 6.07) is 12.7. The second kappa shape index (κ2) is 8.64. The van der Waals surface area contributed by atoms with Crippen molar-refractivity contribution >= 4 is 21.8 Å². The molecule has 154 valence electrons. The highest BCUT2D eigenvalue weighted by Gasteiger charge is 2.13. The van der Waals surface area contributed by atoms with Crippen LogP contribution in [0.3, 0.4) is 0 Å². The van der Waals surface area contributed by atoms with Crippen molar-refractivity contribution in [3.05, 3.63) is 36.4 Å². The number of likely N-dealkylation sites (tertiary alicyclic amines) is 2. The summed E-state index contributed by atoms with van der Waals surface area (Å²) in [5.74, 6) is 1.88. The normalized spacial score (nSPS) is 18.2. The van der Waals surface area contributed by atoms with Gasteiger partial charge in [0.1, 0.15) is 24.7 Å². The molecule has 5 heteroatoms. The number of fused-ring (bicyclic) bond motifs is 3. The van der Waals surface area contributed by atoms with Crippen LogP contribution in [0.25, 0.3) is 21.8 Å². The van der Waals surface area contributed by atoms with Crippen molar-refractivity contribution in [2.24, 2.45) is 0 Å². The second-order valence-electron chi connectivity index (χ2n) is 8.33. The lowest BCUT2D eigenvalue weighted by Gasteiger charge is -2.15. The van der Waals surface area contributed by atoms with Gasteiger partial charge < -0.3 is 14.5 Å². The number of nitrogens with zero attached hydrogens (tertiary/aromatic N) is 2. The summed E-state index contributed by atoms with van der Waals surface area (Å²) in [6.45, 7) is 8.40. The molecule has 3 heterocycles. The molecule has 0 saturated carbocycles. The molecule has 0 spiro atoms. The molecule has 0 radical (unpaired) electrons. The van der Waals surface area contributed by atoms with Crippen LogP contribution in [-0.2, 0) is 0 Å². The summed E-state index contributed by atoms with van der Waals surface area (Å²) in [6.07, 6.45) is 5.30. The molecule has 1 aromatic heterocycles. The van der Waals surface area contributed by atoms with Crippen LogP contribution in [-0.4, -0.2) is 67.3 Å². The zero-order valence-electron chi connectivity index (χ0n) is 17.2. The monoisotopic (exact) mass is 393 g/mol. The number of hydrogen-bond acceptors (Lipinski definition) is 4. The Balaban J connectivity index is 1.24. The van der Waals surface area contributed by atoms with Crippen molar-refractivity contribution in [3.8, 4) is 11.5 Å². The SMILES string of the molecule is c1cc2c(cc1OCCN1CCCC1)[nH]c1ccc(OCCN3CCCC3)cc12. The Bertz CT molecular complexity index is 955. The Hall–Kier alpha value is -2.24. The maximum absolute atomic E-state index is 6.04. The van der Waals surface area contributed by atoms with E-state index in [0.29, 0.717) is 0 Å². The Morgan fingerprint density at radius 1 is 0.655 bits per heavy atom. The minimum absolute atomic E-state index is 0.751. The van der Waals surface area contributed by atoms with Crippen molar-refractivity contribution in [2.75, 3.05) is 52.5 Å². The summed E-state index contributed by atoms with van der Waals surface area (Å²) < 4.78 is 12.0. The lowest BCUT2D eigenvalue weighted by Crippen LogP contribution is -2.25. The quantitative estimate of drug-likeness (QED) is 0.620. The van der Waals surface area contributed by atoms with Gasteiger partial charge in [-0.05, 0) is 82.2 Å². The van der Waals surface area contributed by atoms with Gasteiger partial charge in [-0.1, -0.05) is 0 Å². The zero-order valence-corrected chi connectivity index (χ0v) is 17.2. The number of aromatic amines is 1.